The minimum atomic E-state index is -5.08. The van der Waals surface area contributed by atoms with Crippen LogP contribution in [-0.2, 0) is 16.6 Å². The van der Waals surface area contributed by atoms with Crippen LogP contribution in [0.3, 0.4) is 0 Å². The lowest BCUT2D eigenvalue weighted by molar-refractivity contribution is -0.192. The van der Waals surface area contributed by atoms with Crippen LogP contribution in [0.1, 0.15) is 41.0 Å². The van der Waals surface area contributed by atoms with Gasteiger partial charge in [-0.3, -0.25) is 9.89 Å². The summed E-state index contributed by atoms with van der Waals surface area (Å²) in [5.74, 6) is -2.69. The topological polar surface area (TPSA) is 99.2 Å². The molecule has 27 heavy (non-hydrogen) atoms. The van der Waals surface area contributed by atoms with Crippen LogP contribution >= 0.6 is 11.3 Å². The molecule has 0 bridgehead atoms. The number of fused-ring (bicyclic) bond motifs is 2. The van der Waals surface area contributed by atoms with E-state index >= 15 is 0 Å². The van der Waals surface area contributed by atoms with Crippen molar-refractivity contribution in [3.8, 4) is 0 Å². The molecule has 7 nitrogen and oxygen atoms in total. The number of hydrogen-bond donors (Lipinski definition) is 2. The Morgan fingerprint density at radius 3 is 2.70 bits per heavy atom. The van der Waals surface area contributed by atoms with Crippen molar-refractivity contribution in [2.75, 3.05) is 13.1 Å². The number of halogens is 3. The first-order valence-electron chi connectivity index (χ1n) is 8.23. The van der Waals surface area contributed by atoms with Crippen LogP contribution in [0.25, 0.3) is 0 Å². The lowest BCUT2D eigenvalue weighted by Crippen LogP contribution is -2.37. The summed E-state index contributed by atoms with van der Waals surface area (Å²) in [7, 11) is 0. The highest BCUT2D eigenvalue weighted by Crippen LogP contribution is 2.43. The van der Waals surface area contributed by atoms with Crippen LogP contribution in [0, 0.1) is 0 Å². The lowest BCUT2D eigenvalue weighted by atomic mass is 9.73. The molecule has 1 unspecified atom stereocenters. The van der Waals surface area contributed by atoms with E-state index in [0.29, 0.717) is 5.69 Å². The van der Waals surface area contributed by atoms with E-state index in [1.807, 2.05) is 16.5 Å². The van der Waals surface area contributed by atoms with Gasteiger partial charge in [0.05, 0.1) is 11.7 Å². The quantitative estimate of drug-likeness (QED) is 0.764. The normalized spacial score (nSPS) is 21.5. The van der Waals surface area contributed by atoms with Gasteiger partial charge in [0, 0.05) is 29.6 Å². The highest BCUT2D eigenvalue weighted by molar-refractivity contribution is 7.07. The van der Waals surface area contributed by atoms with Crippen molar-refractivity contribution >= 4 is 23.2 Å². The van der Waals surface area contributed by atoms with Gasteiger partial charge in [-0.1, -0.05) is 0 Å². The molecule has 146 valence electrons. The highest BCUT2D eigenvalue weighted by atomic mass is 32.1. The fourth-order valence-electron chi connectivity index (χ4n) is 3.64. The molecule has 0 aromatic carbocycles. The second-order valence-corrected chi connectivity index (χ2v) is 7.28. The summed E-state index contributed by atoms with van der Waals surface area (Å²) >= 11 is 1.47. The van der Waals surface area contributed by atoms with Gasteiger partial charge in [0.25, 0.3) is 5.91 Å². The minimum absolute atomic E-state index is 0.0646. The number of alkyl halides is 3. The second kappa shape index (κ2) is 7.29. The van der Waals surface area contributed by atoms with Crippen LogP contribution in [0.15, 0.2) is 17.1 Å². The van der Waals surface area contributed by atoms with Crippen molar-refractivity contribution in [3.63, 3.8) is 0 Å². The summed E-state index contributed by atoms with van der Waals surface area (Å²) in [6, 6.07) is 0. The van der Waals surface area contributed by atoms with E-state index < -0.39 is 12.1 Å². The SMILES string of the molecule is O=C(O)C(F)(F)F.O=C(c1cscn1)N1CCC2(CCCc3cn[nH]c32)C1. The Balaban J connectivity index is 0.000000260. The van der Waals surface area contributed by atoms with Gasteiger partial charge in [0.2, 0.25) is 0 Å². The maximum atomic E-state index is 12.4. The maximum Gasteiger partial charge on any atom is 0.490 e. The number of likely N-dealkylation sites (tertiary alicyclic amines) is 1. The number of carboxylic acids is 1. The van der Waals surface area contributed by atoms with Crippen molar-refractivity contribution < 1.29 is 27.9 Å². The van der Waals surface area contributed by atoms with Crippen molar-refractivity contribution in [1.29, 1.82) is 0 Å². The molecule has 1 spiro atoms. The molecule has 11 heteroatoms. The zero-order chi connectivity index (χ0) is 19.7. The van der Waals surface area contributed by atoms with Crippen LogP contribution in [0.4, 0.5) is 13.2 Å². The number of nitrogens with one attached hydrogen (secondary N) is 1. The number of aryl methyl sites for hydroxylation is 1. The number of carbonyl (C=O) groups excluding carboxylic acids is 1. The van der Waals surface area contributed by atoms with E-state index in [1.165, 1.54) is 29.0 Å². The van der Waals surface area contributed by atoms with Gasteiger partial charge in [0.1, 0.15) is 5.69 Å². The average Bonchev–Trinajstić information content (AvgIpc) is 3.36. The lowest BCUT2D eigenvalue weighted by Gasteiger charge is -2.32. The van der Waals surface area contributed by atoms with Gasteiger partial charge < -0.3 is 10.0 Å². The van der Waals surface area contributed by atoms with Gasteiger partial charge in [-0.05, 0) is 31.2 Å². The Morgan fingerprint density at radius 1 is 1.33 bits per heavy atom. The Hall–Kier alpha value is -2.43. The number of aliphatic carboxylic acids is 1. The van der Waals surface area contributed by atoms with Gasteiger partial charge in [-0.25, -0.2) is 9.78 Å². The maximum absolute atomic E-state index is 12.4. The van der Waals surface area contributed by atoms with Gasteiger partial charge in [-0.15, -0.1) is 11.3 Å². The summed E-state index contributed by atoms with van der Waals surface area (Å²) in [6.45, 7) is 1.60. The minimum Gasteiger partial charge on any atom is -0.475 e. The molecule has 1 aliphatic heterocycles. The molecule has 1 saturated heterocycles. The van der Waals surface area contributed by atoms with Crippen molar-refractivity contribution in [2.45, 2.75) is 37.3 Å². The number of hydrogen-bond acceptors (Lipinski definition) is 5. The second-order valence-electron chi connectivity index (χ2n) is 6.56. The van der Waals surface area contributed by atoms with E-state index in [-0.39, 0.29) is 11.3 Å². The zero-order valence-corrected chi connectivity index (χ0v) is 14.9. The first-order valence-corrected chi connectivity index (χ1v) is 9.17. The number of carbonyl (C=O) groups is 2. The third-order valence-electron chi connectivity index (χ3n) is 4.88. The van der Waals surface area contributed by atoms with E-state index in [4.69, 9.17) is 9.90 Å². The molecular formula is C16H17F3N4O3S. The smallest absolute Gasteiger partial charge is 0.475 e. The van der Waals surface area contributed by atoms with Crippen LogP contribution in [0.2, 0.25) is 0 Å². The number of H-pyrrole nitrogens is 1. The molecule has 4 rings (SSSR count). The number of nitrogens with zero attached hydrogens (tertiary/aromatic N) is 3. The summed E-state index contributed by atoms with van der Waals surface area (Å²) in [4.78, 5) is 27.4. The molecule has 2 N–H and O–H groups in total. The molecule has 2 aromatic rings. The van der Waals surface area contributed by atoms with E-state index in [1.54, 1.807) is 5.51 Å². The largest absolute Gasteiger partial charge is 0.490 e. The molecular weight excluding hydrogens is 385 g/mol. The third-order valence-corrected chi connectivity index (χ3v) is 5.47. The Morgan fingerprint density at radius 2 is 2.07 bits per heavy atom. The molecule has 1 atom stereocenters. The molecule has 3 heterocycles. The van der Waals surface area contributed by atoms with E-state index in [9.17, 15) is 18.0 Å². The van der Waals surface area contributed by atoms with E-state index in [0.717, 1.165) is 32.4 Å². The van der Waals surface area contributed by atoms with E-state index in [2.05, 4.69) is 15.2 Å². The fraction of sp³-hybridized carbons (Fsp3) is 0.500. The van der Waals surface area contributed by atoms with Gasteiger partial charge >= 0.3 is 12.1 Å². The monoisotopic (exact) mass is 402 g/mol. The molecule has 0 saturated carbocycles. The average molecular weight is 402 g/mol. The summed E-state index contributed by atoms with van der Waals surface area (Å²) < 4.78 is 31.7. The highest BCUT2D eigenvalue weighted by Gasteiger charge is 2.45. The molecule has 2 aromatic heterocycles. The number of carboxylic acid groups (broad SMARTS) is 1. The number of aromatic amines is 1. The Kier molecular flexibility index (Phi) is 5.22. The first kappa shape index (κ1) is 19.3. The van der Waals surface area contributed by atoms with Crippen LogP contribution < -0.4 is 0 Å². The van der Waals surface area contributed by atoms with Crippen LogP contribution in [0.5, 0.6) is 0 Å². The van der Waals surface area contributed by atoms with Crippen molar-refractivity contribution in [2.24, 2.45) is 0 Å². The number of thiazole rings is 1. The Bertz CT molecular complexity index is 821. The molecule has 1 aliphatic carbocycles. The van der Waals surface area contributed by atoms with Crippen LogP contribution in [-0.4, -0.2) is 56.3 Å². The van der Waals surface area contributed by atoms with Crippen molar-refractivity contribution in [3.05, 3.63) is 34.0 Å². The number of aromatic nitrogens is 3. The Labute approximate surface area is 156 Å². The molecule has 0 radical (unpaired) electrons. The number of rotatable bonds is 1. The summed E-state index contributed by atoms with van der Waals surface area (Å²) in [5.41, 5.74) is 4.98. The summed E-state index contributed by atoms with van der Waals surface area (Å²) in [5, 5.41) is 16.3. The van der Waals surface area contributed by atoms with Crippen molar-refractivity contribution in [1.82, 2.24) is 20.1 Å². The third kappa shape index (κ3) is 3.97. The zero-order valence-electron chi connectivity index (χ0n) is 14.1. The molecule has 1 fully saturated rings. The standard InChI is InChI=1S/C14H16N4OS.C2HF3O2/c19-13(11-7-20-9-15-11)18-5-4-14(8-18)3-1-2-10-6-16-17-12(10)14;3-2(4,5)1(6)7/h6-7,9H,1-5,8H2,(H,16,17);(H,6,7). The predicted molar refractivity (Wildman–Crippen MR) is 89.5 cm³/mol. The van der Waals surface area contributed by atoms with Gasteiger partial charge in [-0.2, -0.15) is 18.3 Å². The first-order chi connectivity index (χ1) is 12.7. The van der Waals surface area contributed by atoms with Gasteiger partial charge in [0.15, 0.2) is 0 Å². The fourth-order valence-corrected chi connectivity index (χ4v) is 4.16. The molecule has 2 aliphatic rings. The predicted octanol–water partition coefficient (Wildman–Crippen LogP) is 2.62. The number of amides is 1. The summed E-state index contributed by atoms with van der Waals surface area (Å²) in [6.07, 6.45) is 1.32. The molecule has 1 amide bonds.